The normalized spacial score (nSPS) is 22.7. The average Bonchev–Trinajstić information content (AvgIpc) is 2.29. The van der Waals surface area contributed by atoms with E-state index < -0.39 is 19.2 Å². The molecule has 1 saturated carbocycles. The molecule has 0 aromatic rings. The van der Waals surface area contributed by atoms with E-state index in [2.05, 4.69) is 0 Å². The van der Waals surface area contributed by atoms with Gasteiger partial charge in [0.1, 0.15) is 0 Å². The van der Waals surface area contributed by atoms with E-state index in [0.717, 1.165) is 12.8 Å². The zero-order valence-electron chi connectivity index (χ0n) is 12.4. The van der Waals surface area contributed by atoms with Crippen LogP contribution < -0.4 is 55.9 Å². The van der Waals surface area contributed by atoms with Crippen molar-refractivity contribution in [3.8, 4) is 0 Å². The Kier molecular flexibility index (Phi) is 17.6. The van der Waals surface area contributed by atoms with Crippen LogP contribution in [0.15, 0.2) is 0 Å². The summed E-state index contributed by atoms with van der Waals surface area (Å²) in [6.45, 7) is 1.59. The van der Waals surface area contributed by atoms with Crippen molar-refractivity contribution < 1.29 is 74.9 Å². The number of aliphatic carboxylic acids is 1. The standard InChI is InChI=1S/C6H14N2.C5H11O5P.Na.Pt/c7-5-3-1-2-4-6(5)8;1-2-3-4(5(6)7)11(8,9)10;;/h5-6H,1-4,7-8H2;4H,2-3H2,1H3,(H,6,7)(H2,8,9,10);;/q;;+1;+2/p-3. The van der Waals surface area contributed by atoms with Gasteiger partial charge in [-0.15, -0.1) is 0 Å². The molecule has 0 radical (unpaired) electrons. The van der Waals surface area contributed by atoms with Crippen LogP contribution in [-0.4, -0.2) is 23.7 Å². The van der Waals surface area contributed by atoms with E-state index in [4.69, 9.17) is 11.5 Å². The first-order valence-electron chi connectivity index (χ1n) is 6.43. The van der Waals surface area contributed by atoms with Crippen molar-refractivity contribution in [2.24, 2.45) is 11.5 Å². The predicted octanol–water partition coefficient (Wildman–Crippen LogP) is -4.96. The van der Waals surface area contributed by atoms with Gasteiger partial charge in [0, 0.05) is 23.7 Å². The Morgan fingerprint density at radius 1 is 1.24 bits per heavy atom. The quantitative estimate of drug-likeness (QED) is 0.283. The largest absolute Gasteiger partial charge is 2.00 e. The minimum absolute atomic E-state index is 0. The Morgan fingerprint density at radius 3 is 1.76 bits per heavy atom. The van der Waals surface area contributed by atoms with Crippen molar-refractivity contribution in [2.75, 3.05) is 0 Å². The molecule has 122 valence electrons. The molecule has 0 bridgehead atoms. The van der Waals surface area contributed by atoms with Gasteiger partial charge in [-0.25, -0.2) is 0 Å². The topological polar surface area (TPSA) is 155 Å². The third-order valence-corrected chi connectivity index (χ3v) is 4.32. The first kappa shape index (κ1) is 27.1. The first-order valence-corrected chi connectivity index (χ1v) is 8.05. The van der Waals surface area contributed by atoms with E-state index in [-0.39, 0.29) is 69.1 Å². The summed E-state index contributed by atoms with van der Waals surface area (Å²) in [5, 5.41) is 10.1. The van der Waals surface area contributed by atoms with Gasteiger partial charge in [0.15, 0.2) is 0 Å². The summed E-state index contributed by atoms with van der Waals surface area (Å²) in [6.07, 6.45) is 4.95. The molecule has 1 fully saturated rings. The minimum atomic E-state index is -5.01. The second kappa shape index (κ2) is 13.6. The van der Waals surface area contributed by atoms with Gasteiger partial charge < -0.3 is 35.7 Å². The van der Waals surface area contributed by atoms with Gasteiger partial charge in [0.2, 0.25) is 0 Å². The van der Waals surface area contributed by atoms with E-state index in [9.17, 15) is 24.3 Å². The second-order valence-electron chi connectivity index (χ2n) is 4.78. The summed E-state index contributed by atoms with van der Waals surface area (Å²) in [5.74, 6) is -1.81. The molecule has 1 rings (SSSR count). The molecule has 0 spiro atoms. The second-order valence-corrected chi connectivity index (χ2v) is 6.48. The van der Waals surface area contributed by atoms with E-state index >= 15 is 0 Å². The molecule has 21 heavy (non-hydrogen) atoms. The summed E-state index contributed by atoms with van der Waals surface area (Å²) < 4.78 is 10.2. The maximum atomic E-state index is 10.2. The van der Waals surface area contributed by atoms with Crippen molar-refractivity contribution in [1.82, 2.24) is 0 Å². The average molecular weight is 511 g/mol. The van der Waals surface area contributed by atoms with E-state index in [1.54, 1.807) is 6.92 Å². The fraction of sp³-hybridized carbons (Fsp3) is 0.909. The van der Waals surface area contributed by atoms with Gasteiger partial charge in [-0.05, 0) is 19.3 Å². The number of hydrogen-bond acceptors (Lipinski definition) is 7. The smallest absolute Gasteiger partial charge is 0.810 e. The SMILES string of the molecule is CCCC(C(=O)[O-])P(=O)([O-])[O-].NC1CCCCC1N.[Na+].[Pt+2]. The van der Waals surface area contributed by atoms with Crippen molar-refractivity contribution in [3.05, 3.63) is 0 Å². The van der Waals surface area contributed by atoms with Gasteiger partial charge in [-0.3, -0.25) is 0 Å². The van der Waals surface area contributed by atoms with Crippen LogP contribution in [0.3, 0.4) is 0 Å². The van der Waals surface area contributed by atoms with Crippen LogP contribution in [0.1, 0.15) is 45.4 Å². The molecule has 7 nitrogen and oxygen atoms in total. The molecular formula is C11H22N2NaO5PPt. The van der Waals surface area contributed by atoms with Crippen LogP contribution in [0.4, 0.5) is 0 Å². The van der Waals surface area contributed by atoms with Gasteiger partial charge >= 0.3 is 50.6 Å². The molecule has 0 amide bonds. The van der Waals surface area contributed by atoms with E-state index in [1.807, 2.05) is 0 Å². The Balaban J connectivity index is -0.000000291. The number of hydrogen-bond donors (Lipinski definition) is 2. The Labute approximate surface area is 162 Å². The van der Waals surface area contributed by atoms with E-state index in [0.29, 0.717) is 6.42 Å². The Morgan fingerprint density at radius 2 is 1.62 bits per heavy atom. The van der Waals surface area contributed by atoms with Gasteiger partial charge in [-0.1, -0.05) is 33.8 Å². The molecule has 3 atom stereocenters. The van der Waals surface area contributed by atoms with Crippen molar-refractivity contribution in [3.63, 3.8) is 0 Å². The number of carbonyl (C=O) groups excluding carboxylic acids is 1. The summed E-state index contributed by atoms with van der Waals surface area (Å²) in [7, 11) is -5.01. The number of rotatable bonds is 4. The molecule has 1 aliphatic carbocycles. The van der Waals surface area contributed by atoms with Gasteiger partial charge in [0.25, 0.3) is 0 Å². The number of carbonyl (C=O) groups is 1. The number of carboxylic acid groups (broad SMARTS) is 1. The molecule has 0 aromatic heterocycles. The zero-order chi connectivity index (χ0) is 15.1. The number of nitrogens with two attached hydrogens (primary N) is 2. The Bertz CT molecular complexity index is 322. The molecule has 0 aliphatic heterocycles. The van der Waals surface area contributed by atoms with Crippen molar-refractivity contribution >= 4 is 13.6 Å². The summed E-state index contributed by atoms with van der Waals surface area (Å²) >= 11 is 0. The maximum Gasteiger partial charge on any atom is 2.00 e. The monoisotopic (exact) mass is 511 g/mol. The third kappa shape index (κ3) is 12.3. The molecule has 4 N–H and O–H groups in total. The molecule has 1 aliphatic rings. The zero-order valence-corrected chi connectivity index (χ0v) is 17.6. The molecule has 10 heteroatoms. The first-order chi connectivity index (χ1) is 8.70. The molecule has 0 aromatic carbocycles. The van der Waals surface area contributed by atoms with Gasteiger partial charge in [-0.2, -0.15) is 0 Å². The molecule has 3 unspecified atom stereocenters. The summed E-state index contributed by atoms with van der Waals surface area (Å²) in [6, 6.07) is 0.562. The van der Waals surface area contributed by atoms with Crippen molar-refractivity contribution in [1.29, 1.82) is 0 Å². The minimum Gasteiger partial charge on any atom is -0.810 e. The van der Waals surface area contributed by atoms with Crippen molar-refractivity contribution in [2.45, 2.75) is 63.2 Å². The van der Waals surface area contributed by atoms with Crippen LogP contribution in [-0.2, 0) is 30.4 Å². The van der Waals surface area contributed by atoms with Crippen LogP contribution in [0.5, 0.6) is 0 Å². The molecule has 0 saturated heterocycles. The number of carboxylic acids is 1. The third-order valence-electron chi connectivity index (χ3n) is 3.09. The predicted molar refractivity (Wildman–Crippen MR) is 65.7 cm³/mol. The summed E-state index contributed by atoms with van der Waals surface area (Å²) in [5.41, 5.74) is 9.44. The molecular weight excluding hydrogens is 489 g/mol. The van der Waals surface area contributed by atoms with Gasteiger partial charge in [0.05, 0.1) is 0 Å². The van der Waals surface area contributed by atoms with Crippen LogP contribution in [0.2, 0.25) is 0 Å². The van der Waals surface area contributed by atoms with Crippen LogP contribution in [0, 0.1) is 0 Å². The van der Waals surface area contributed by atoms with E-state index in [1.165, 1.54) is 12.8 Å². The fourth-order valence-corrected chi connectivity index (χ4v) is 2.70. The maximum absolute atomic E-state index is 10.2. The molecule has 0 heterocycles. The fourth-order valence-electron chi connectivity index (χ4n) is 1.87. The summed E-state index contributed by atoms with van der Waals surface area (Å²) in [4.78, 5) is 30.5. The van der Waals surface area contributed by atoms with Crippen LogP contribution >= 0.6 is 7.60 Å². The Hall–Kier alpha value is 1.23. The van der Waals surface area contributed by atoms with Crippen LogP contribution in [0.25, 0.3) is 0 Å².